The Morgan fingerprint density at radius 1 is 1.33 bits per heavy atom. The van der Waals surface area contributed by atoms with Crippen LogP contribution in [0.15, 0.2) is 37.9 Å². The summed E-state index contributed by atoms with van der Waals surface area (Å²) in [6.45, 7) is 0. The molecule has 0 fully saturated rings. The SMILES string of the molecule is Nc1cc(Br)c(NC(=O)Cc2ccsc2)c(Br)c1. The summed E-state index contributed by atoms with van der Waals surface area (Å²) in [6.07, 6.45) is 0.368. The van der Waals surface area contributed by atoms with Crippen molar-refractivity contribution in [2.75, 3.05) is 11.1 Å². The first-order valence-electron chi connectivity index (χ1n) is 5.11. The molecule has 18 heavy (non-hydrogen) atoms. The van der Waals surface area contributed by atoms with Crippen LogP contribution in [0.25, 0.3) is 0 Å². The smallest absolute Gasteiger partial charge is 0.228 e. The van der Waals surface area contributed by atoms with Gasteiger partial charge in [-0.1, -0.05) is 0 Å². The predicted molar refractivity (Wildman–Crippen MR) is 82.9 cm³/mol. The van der Waals surface area contributed by atoms with Crippen molar-refractivity contribution < 1.29 is 4.79 Å². The van der Waals surface area contributed by atoms with E-state index >= 15 is 0 Å². The number of benzene rings is 1. The number of nitrogens with two attached hydrogens (primary N) is 1. The van der Waals surface area contributed by atoms with E-state index in [0.717, 1.165) is 14.5 Å². The molecule has 2 aromatic rings. The lowest BCUT2D eigenvalue weighted by molar-refractivity contribution is -0.115. The lowest BCUT2D eigenvalue weighted by Crippen LogP contribution is -2.14. The van der Waals surface area contributed by atoms with Gasteiger partial charge in [-0.25, -0.2) is 0 Å². The molecule has 0 radical (unpaired) electrons. The van der Waals surface area contributed by atoms with E-state index in [9.17, 15) is 4.79 Å². The fourth-order valence-electron chi connectivity index (χ4n) is 1.47. The fraction of sp³-hybridized carbons (Fsp3) is 0.0833. The average Bonchev–Trinajstić information content (AvgIpc) is 2.76. The summed E-state index contributed by atoms with van der Waals surface area (Å²) in [5, 5.41) is 6.78. The summed E-state index contributed by atoms with van der Waals surface area (Å²) < 4.78 is 1.51. The summed E-state index contributed by atoms with van der Waals surface area (Å²) in [6, 6.07) is 5.45. The minimum absolute atomic E-state index is 0.0560. The van der Waals surface area contributed by atoms with Crippen LogP contribution < -0.4 is 11.1 Å². The van der Waals surface area contributed by atoms with Gasteiger partial charge in [0, 0.05) is 14.6 Å². The van der Waals surface area contributed by atoms with Gasteiger partial charge < -0.3 is 11.1 Å². The Morgan fingerprint density at radius 3 is 2.56 bits per heavy atom. The van der Waals surface area contributed by atoms with E-state index in [1.54, 1.807) is 23.5 Å². The van der Waals surface area contributed by atoms with Crippen LogP contribution in [0.2, 0.25) is 0 Å². The topological polar surface area (TPSA) is 55.1 Å². The molecule has 94 valence electrons. The summed E-state index contributed by atoms with van der Waals surface area (Å²) in [4.78, 5) is 11.9. The first-order chi connectivity index (χ1) is 8.56. The molecule has 1 heterocycles. The zero-order chi connectivity index (χ0) is 13.1. The molecule has 0 aliphatic carbocycles. The molecule has 1 aromatic carbocycles. The van der Waals surface area contributed by atoms with Crippen molar-refractivity contribution in [2.24, 2.45) is 0 Å². The van der Waals surface area contributed by atoms with Crippen LogP contribution in [0.3, 0.4) is 0 Å². The van der Waals surface area contributed by atoms with Gasteiger partial charge in [-0.15, -0.1) is 0 Å². The number of amides is 1. The first-order valence-corrected chi connectivity index (χ1v) is 7.64. The zero-order valence-corrected chi connectivity index (χ0v) is 13.2. The van der Waals surface area contributed by atoms with E-state index in [0.29, 0.717) is 17.8 Å². The molecule has 3 nitrogen and oxygen atoms in total. The van der Waals surface area contributed by atoms with E-state index in [-0.39, 0.29) is 5.91 Å². The maximum Gasteiger partial charge on any atom is 0.228 e. The van der Waals surface area contributed by atoms with Gasteiger partial charge in [0.1, 0.15) is 0 Å². The number of anilines is 2. The van der Waals surface area contributed by atoms with Crippen LogP contribution in [-0.2, 0) is 11.2 Å². The number of nitrogens with one attached hydrogen (secondary N) is 1. The molecule has 1 aromatic heterocycles. The second kappa shape index (κ2) is 5.86. The molecule has 6 heteroatoms. The van der Waals surface area contributed by atoms with Gasteiger partial charge in [0.15, 0.2) is 0 Å². The maximum absolute atomic E-state index is 11.9. The predicted octanol–water partition coefficient (Wildman–Crippen LogP) is 4.04. The Labute approximate surface area is 126 Å². The Balaban J connectivity index is 2.12. The summed E-state index contributed by atoms with van der Waals surface area (Å²) in [5.41, 5.74) is 8.04. The van der Waals surface area contributed by atoms with Gasteiger partial charge >= 0.3 is 0 Å². The fourth-order valence-corrected chi connectivity index (χ4v) is 3.56. The third kappa shape index (κ3) is 3.34. The molecule has 0 saturated heterocycles. The van der Waals surface area contributed by atoms with Crippen LogP contribution in [0, 0.1) is 0 Å². The van der Waals surface area contributed by atoms with Crippen molar-refractivity contribution in [3.05, 3.63) is 43.5 Å². The molecular formula is C12H10Br2N2OS. The third-order valence-corrected chi connectivity index (χ3v) is 4.26. The molecule has 0 unspecified atom stereocenters. The van der Waals surface area contributed by atoms with E-state index < -0.39 is 0 Å². The molecule has 0 spiro atoms. The molecule has 0 aliphatic heterocycles. The molecule has 0 aliphatic rings. The highest BCUT2D eigenvalue weighted by Crippen LogP contribution is 2.33. The highest BCUT2D eigenvalue weighted by Gasteiger charge is 2.11. The Morgan fingerprint density at radius 2 is 2.00 bits per heavy atom. The molecule has 0 saturated carbocycles. The highest BCUT2D eigenvalue weighted by atomic mass is 79.9. The van der Waals surface area contributed by atoms with Crippen molar-refractivity contribution in [3.8, 4) is 0 Å². The van der Waals surface area contributed by atoms with Crippen LogP contribution in [0.5, 0.6) is 0 Å². The van der Waals surface area contributed by atoms with Gasteiger partial charge in [-0.3, -0.25) is 4.79 Å². The summed E-state index contributed by atoms with van der Waals surface area (Å²) >= 11 is 8.34. The van der Waals surface area contributed by atoms with Crippen molar-refractivity contribution >= 4 is 60.5 Å². The van der Waals surface area contributed by atoms with Gasteiger partial charge in [0.05, 0.1) is 12.1 Å². The Bertz CT molecular complexity index is 546. The number of halogens is 2. The van der Waals surface area contributed by atoms with E-state index in [2.05, 4.69) is 37.2 Å². The summed E-state index contributed by atoms with van der Waals surface area (Å²) in [7, 11) is 0. The lowest BCUT2D eigenvalue weighted by Gasteiger charge is -2.10. The zero-order valence-electron chi connectivity index (χ0n) is 9.24. The van der Waals surface area contributed by atoms with Crippen LogP contribution in [0.4, 0.5) is 11.4 Å². The standard InChI is InChI=1S/C12H10Br2N2OS/c13-9-4-8(15)5-10(14)12(9)16-11(17)3-7-1-2-18-6-7/h1-2,4-6H,3,15H2,(H,16,17). The largest absolute Gasteiger partial charge is 0.399 e. The van der Waals surface area contributed by atoms with Crippen molar-refractivity contribution in [2.45, 2.75) is 6.42 Å². The molecular weight excluding hydrogens is 380 g/mol. The van der Waals surface area contributed by atoms with Gasteiger partial charge in [-0.2, -0.15) is 11.3 Å². The highest BCUT2D eigenvalue weighted by molar-refractivity contribution is 9.11. The van der Waals surface area contributed by atoms with Gasteiger partial charge in [0.25, 0.3) is 0 Å². The lowest BCUT2D eigenvalue weighted by atomic mass is 10.2. The normalized spacial score (nSPS) is 10.3. The number of carbonyl (C=O) groups excluding carboxylic acids is 1. The number of thiophene rings is 1. The van der Waals surface area contributed by atoms with Crippen LogP contribution in [-0.4, -0.2) is 5.91 Å². The second-order valence-electron chi connectivity index (χ2n) is 3.72. The van der Waals surface area contributed by atoms with Gasteiger partial charge in [0.2, 0.25) is 5.91 Å². The number of nitrogen functional groups attached to an aromatic ring is 1. The molecule has 3 N–H and O–H groups in total. The third-order valence-electron chi connectivity index (χ3n) is 2.27. The monoisotopic (exact) mass is 388 g/mol. The van der Waals surface area contributed by atoms with E-state index in [1.165, 1.54) is 0 Å². The molecule has 2 rings (SSSR count). The van der Waals surface area contributed by atoms with E-state index in [1.807, 2.05) is 16.8 Å². The summed E-state index contributed by atoms with van der Waals surface area (Å²) in [5.74, 6) is -0.0560. The van der Waals surface area contributed by atoms with Crippen molar-refractivity contribution in [1.29, 1.82) is 0 Å². The molecule has 1 amide bonds. The van der Waals surface area contributed by atoms with Crippen LogP contribution in [0.1, 0.15) is 5.56 Å². The Hall–Kier alpha value is -0.850. The number of carbonyl (C=O) groups is 1. The maximum atomic E-state index is 11.9. The Kier molecular flexibility index (Phi) is 4.42. The molecule has 0 bridgehead atoms. The minimum Gasteiger partial charge on any atom is -0.399 e. The second-order valence-corrected chi connectivity index (χ2v) is 6.20. The first kappa shape index (κ1) is 13.6. The van der Waals surface area contributed by atoms with Crippen molar-refractivity contribution in [1.82, 2.24) is 0 Å². The molecule has 0 atom stereocenters. The number of hydrogen-bond acceptors (Lipinski definition) is 3. The van der Waals surface area contributed by atoms with Crippen LogP contribution >= 0.6 is 43.2 Å². The minimum atomic E-state index is -0.0560. The van der Waals surface area contributed by atoms with Gasteiger partial charge in [-0.05, 0) is 66.4 Å². The number of rotatable bonds is 3. The van der Waals surface area contributed by atoms with E-state index in [4.69, 9.17) is 5.73 Å². The number of hydrogen-bond donors (Lipinski definition) is 2. The quantitative estimate of drug-likeness (QED) is 0.778. The van der Waals surface area contributed by atoms with Crippen molar-refractivity contribution in [3.63, 3.8) is 0 Å². The average molecular weight is 390 g/mol.